The molecule has 1 fully saturated rings. The highest BCUT2D eigenvalue weighted by Crippen LogP contribution is 2.37. The van der Waals surface area contributed by atoms with Gasteiger partial charge in [0.15, 0.2) is 12.2 Å². The van der Waals surface area contributed by atoms with Crippen LogP contribution in [0.3, 0.4) is 0 Å². The predicted molar refractivity (Wildman–Crippen MR) is 109 cm³/mol. The molecule has 1 aromatic rings. The number of fused-ring (bicyclic) bond motifs is 3. The molecule has 3 aliphatic heterocycles. The quantitative estimate of drug-likeness (QED) is 0.775. The standard InChI is InChI=1S/C20H24ClN5O2/c1-5-6-9-24-18(27)16-17(23(4)20(24)28)22-19-25(16)11-13(3)26(19)14-8-7-12(2)15(21)10-14/h7-8,10-11,16-17H,5-6,9H2,1-4H3. The molecule has 2 unspecified atom stereocenters. The van der Waals surface area contributed by atoms with Crippen molar-refractivity contribution in [2.24, 2.45) is 4.99 Å². The molecular formula is C20H24ClN5O2. The molecule has 0 saturated carbocycles. The van der Waals surface area contributed by atoms with Crippen molar-refractivity contribution in [3.63, 3.8) is 0 Å². The zero-order valence-corrected chi connectivity index (χ0v) is 17.3. The van der Waals surface area contributed by atoms with E-state index in [2.05, 4.69) is 0 Å². The summed E-state index contributed by atoms with van der Waals surface area (Å²) in [6.45, 7) is 6.40. The van der Waals surface area contributed by atoms with Gasteiger partial charge in [-0.25, -0.2) is 9.79 Å². The van der Waals surface area contributed by atoms with Crippen molar-refractivity contribution in [1.29, 1.82) is 0 Å². The Morgan fingerprint density at radius 3 is 2.64 bits per heavy atom. The average molecular weight is 402 g/mol. The second-order valence-electron chi connectivity index (χ2n) is 7.47. The number of benzene rings is 1. The number of nitrogens with zero attached hydrogens (tertiary/aromatic N) is 5. The van der Waals surface area contributed by atoms with Gasteiger partial charge in [-0.15, -0.1) is 0 Å². The molecular weight excluding hydrogens is 378 g/mol. The number of aliphatic imine (C=N–C) groups is 1. The minimum absolute atomic E-state index is 0.187. The smallest absolute Gasteiger partial charge is 0.302 e. The van der Waals surface area contributed by atoms with E-state index >= 15 is 0 Å². The van der Waals surface area contributed by atoms with Crippen molar-refractivity contribution < 1.29 is 9.59 Å². The van der Waals surface area contributed by atoms with Gasteiger partial charge >= 0.3 is 6.03 Å². The van der Waals surface area contributed by atoms with Crippen LogP contribution >= 0.6 is 11.6 Å². The van der Waals surface area contributed by atoms with Crippen molar-refractivity contribution in [2.75, 3.05) is 18.5 Å². The van der Waals surface area contributed by atoms with Gasteiger partial charge in [0.25, 0.3) is 5.91 Å². The number of guanidine groups is 1. The SMILES string of the molecule is CCCCN1C(=O)C2C(N=C3N(c4ccc(C)c(Cl)c4)C(C)=CN32)N(C)C1=O. The number of anilines is 1. The van der Waals surface area contributed by atoms with E-state index in [1.54, 1.807) is 11.9 Å². The Kier molecular flexibility index (Phi) is 4.57. The maximum atomic E-state index is 13.2. The van der Waals surface area contributed by atoms with Gasteiger partial charge in [-0.05, 0) is 38.0 Å². The first-order chi connectivity index (χ1) is 13.3. The Morgan fingerprint density at radius 2 is 1.96 bits per heavy atom. The van der Waals surface area contributed by atoms with Gasteiger partial charge in [-0.2, -0.15) is 0 Å². The predicted octanol–water partition coefficient (Wildman–Crippen LogP) is 3.39. The molecule has 3 heterocycles. The summed E-state index contributed by atoms with van der Waals surface area (Å²) in [4.78, 5) is 37.4. The van der Waals surface area contributed by atoms with E-state index < -0.39 is 12.2 Å². The van der Waals surface area contributed by atoms with E-state index in [1.807, 2.05) is 55.0 Å². The summed E-state index contributed by atoms with van der Waals surface area (Å²) in [6, 6.07) is 5.03. The number of imide groups is 1. The van der Waals surface area contributed by atoms with E-state index in [-0.39, 0.29) is 11.9 Å². The number of carbonyl (C=O) groups is 2. The molecule has 3 aliphatic rings. The van der Waals surface area contributed by atoms with Crippen LogP contribution in [-0.2, 0) is 4.79 Å². The Balaban J connectivity index is 1.70. The number of rotatable bonds is 4. The molecule has 4 rings (SSSR count). The number of halogens is 1. The second kappa shape index (κ2) is 6.81. The number of aryl methyl sites for hydroxylation is 1. The van der Waals surface area contributed by atoms with Gasteiger partial charge in [0.05, 0.1) is 5.69 Å². The van der Waals surface area contributed by atoms with Crippen LogP contribution < -0.4 is 4.90 Å². The fourth-order valence-electron chi connectivity index (χ4n) is 3.92. The number of urea groups is 1. The maximum absolute atomic E-state index is 13.2. The summed E-state index contributed by atoms with van der Waals surface area (Å²) in [5, 5.41) is 0.675. The zero-order chi connectivity index (χ0) is 20.2. The summed E-state index contributed by atoms with van der Waals surface area (Å²) < 4.78 is 0. The first-order valence-corrected chi connectivity index (χ1v) is 9.92. The summed E-state index contributed by atoms with van der Waals surface area (Å²) >= 11 is 6.32. The monoisotopic (exact) mass is 401 g/mol. The molecule has 8 heteroatoms. The minimum Gasteiger partial charge on any atom is -0.302 e. The van der Waals surface area contributed by atoms with Crippen LogP contribution in [0, 0.1) is 6.92 Å². The van der Waals surface area contributed by atoms with Gasteiger partial charge in [0.1, 0.15) is 0 Å². The first-order valence-electron chi connectivity index (χ1n) is 9.54. The van der Waals surface area contributed by atoms with Crippen LogP contribution in [0.5, 0.6) is 0 Å². The van der Waals surface area contributed by atoms with Crippen LogP contribution in [0.25, 0.3) is 0 Å². The van der Waals surface area contributed by atoms with E-state index in [9.17, 15) is 9.59 Å². The van der Waals surface area contributed by atoms with Gasteiger partial charge < -0.3 is 9.80 Å². The number of carbonyl (C=O) groups excluding carboxylic acids is 2. The minimum atomic E-state index is -0.532. The van der Waals surface area contributed by atoms with Gasteiger partial charge in [-0.1, -0.05) is 31.0 Å². The van der Waals surface area contributed by atoms with E-state index in [1.165, 1.54) is 4.90 Å². The topological polar surface area (TPSA) is 59.5 Å². The molecule has 148 valence electrons. The Labute approximate surface area is 169 Å². The molecule has 1 aromatic carbocycles. The van der Waals surface area contributed by atoms with E-state index in [4.69, 9.17) is 16.6 Å². The Bertz CT molecular complexity index is 912. The highest BCUT2D eigenvalue weighted by molar-refractivity contribution is 6.31. The summed E-state index contributed by atoms with van der Waals surface area (Å²) in [5.74, 6) is 0.464. The lowest BCUT2D eigenvalue weighted by atomic mass is 10.1. The number of hydrogen-bond donors (Lipinski definition) is 0. The first kappa shape index (κ1) is 18.8. The van der Waals surface area contributed by atoms with Crippen LogP contribution in [0.1, 0.15) is 32.3 Å². The molecule has 0 aromatic heterocycles. The van der Waals surface area contributed by atoms with Crippen LogP contribution in [-0.4, -0.2) is 58.4 Å². The van der Waals surface area contributed by atoms with Gasteiger partial charge in [-0.3, -0.25) is 14.6 Å². The summed E-state index contributed by atoms with van der Waals surface area (Å²) in [7, 11) is 1.71. The molecule has 0 N–H and O–H groups in total. The van der Waals surface area contributed by atoms with Gasteiger partial charge in [0, 0.05) is 30.5 Å². The van der Waals surface area contributed by atoms with Crippen LogP contribution in [0.2, 0.25) is 5.02 Å². The number of likely N-dealkylation sites (N-methyl/N-ethyl adjacent to an activating group) is 1. The third kappa shape index (κ3) is 2.68. The fraction of sp³-hybridized carbons (Fsp3) is 0.450. The number of amides is 3. The fourth-order valence-corrected chi connectivity index (χ4v) is 4.09. The lowest BCUT2D eigenvalue weighted by Gasteiger charge is -2.40. The average Bonchev–Trinajstić information content (AvgIpc) is 3.17. The van der Waals surface area contributed by atoms with Gasteiger partial charge in [0.2, 0.25) is 5.96 Å². The normalized spacial score (nSPS) is 23.9. The molecule has 3 amide bonds. The molecule has 0 spiro atoms. The number of allylic oxidation sites excluding steroid dienone is 1. The van der Waals surface area contributed by atoms with E-state index in [0.717, 1.165) is 29.8 Å². The highest BCUT2D eigenvalue weighted by Gasteiger charge is 2.54. The van der Waals surface area contributed by atoms with Crippen molar-refractivity contribution in [2.45, 2.75) is 45.8 Å². The second-order valence-corrected chi connectivity index (χ2v) is 7.88. The van der Waals surface area contributed by atoms with Crippen molar-refractivity contribution in [3.05, 3.63) is 40.7 Å². The lowest BCUT2D eigenvalue weighted by Crippen LogP contribution is -2.64. The molecule has 28 heavy (non-hydrogen) atoms. The molecule has 1 saturated heterocycles. The number of unbranched alkanes of at least 4 members (excludes halogenated alkanes) is 1. The van der Waals surface area contributed by atoms with Crippen LogP contribution in [0.4, 0.5) is 10.5 Å². The Morgan fingerprint density at radius 1 is 1.21 bits per heavy atom. The third-order valence-corrected chi connectivity index (χ3v) is 5.94. The third-order valence-electron chi connectivity index (χ3n) is 5.54. The molecule has 0 bridgehead atoms. The maximum Gasteiger partial charge on any atom is 0.328 e. The Hall–Kier alpha value is -2.54. The summed E-state index contributed by atoms with van der Waals surface area (Å²) in [6.07, 6.45) is 3.11. The number of hydrogen-bond acceptors (Lipinski definition) is 5. The molecule has 7 nitrogen and oxygen atoms in total. The van der Waals surface area contributed by atoms with Crippen LogP contribution in [0.15, 0.2) is 35.1 Å². The molecule has 2 atom stereocenters. The largest absolute Gasteiger partial charge is 0.328 e. The van der Waals surface area contributed by atoms with Crippen molar-refractivity contribution in [1.82, 2.24) is 14.7 Å². The lowest BCUT2D eigenvalue weighted by molar-refractivity contribution is -0.136. The molecule has 0 aliphatic carbocycles. The van der Waals surface area contributed by atoms with E-state index in [0.29, 0.717) is 17.5 Å². The van der Waals surface area contributed by atoms with Crippen molar-refractivity contribution in [3.8, 4) is 0 Å². The molecule has 0 radical (unpaired) electrons. The zero-order valence-electron chi connectivity index (χ0n) is 16.5. The summed E-state index contributed by atoms with van der Waals surface area (Å²) in [5.41, 5.74) is 2.83. The van der Waals surface area contributed by atoms with Crippen molar-refractivity contribution >= 4 is 35.2 Å². The highest BCUT2D eigenvalue weighted by atomic mass is 35.5.